The second kappa shape index (κ2) is 3.10. The van der Waals surface area contributed by atoms with E-state index in [0.717, 1.165) is 0 Å². The average molecular weight is 192 g/mol. The Morgan fingerprint density at radius 2 is 2.07 bits per heavy atom. The van der Waals surface area contributed by atoms with Crippen LogP contribution in [0.25, 0.3) is 11.3 Å². The van der Waals surface area contributed by atoms with Gasteiger partial charge in [0.05, 0.1) is 0 Å². The van der Waals surface area contributed by atoms with Gasteiger partial charge in [0.15, 0.2) is 5.82 Å². The van der Waals surface area contributed by atoms with E-state index in [0.29, 0.717) is 11.3 Å². The largest absolute Gasteiger partial charge is 0.380 e. The van der Waals surface area contributed by atoms with Gasteiger partial charge in [-0.1, -0.05) is 17.3 Å². The minimum Gasteiger partial charge on any atom is -0.380 e. The predicted molar refractivity (Wildman–Crippen MR) is 50.8 cm³/mol. The highest BCUT2D eigenvalue weighted by molar-refractivity contribution is 5.70. The maximum absolute atomic E-state index is 13.4. The van der Waals surface area contributed by atoms with Crippen LogP contribution in [0.3, 0.4) is 0 Å². The fourth-order valence-corrected chi connectivity index (χ4v) is 1.34. The van der Waals surface area contributed by atoms with Gasteiger partial charge in [-0.05, 0) is 12.1 Å². The maximum Gasteiger partial charge on any atom is 0.174 e. The first-order chi connectivity index (χ1) is 6.70. The lowest BCUT2D eigenvalue weighted by Gasteiger charge is -2.02. The van der Waals surface area contributed by atoms with E-state index in [1.54, 1.807) is 25.2 Å². The number of nitrogen functional groups attached to an aromatic ring is 1. The standard InChI is InChI=1S/C9H9FN4/c1-14-8(9(11)12-13-14)6-4-2-3-5-7(6)10/h2-5H,11H2,1H3. The van der Waals surface area contributed by atoms with Crippen LogP contribution in [0.4, 0.5) is 10.2 Å². The van der Waals surface area contributed by atoms with Crippen LogP contribution in [0.15, 0.2) is 24.3 Å². The molecule has 0 saturated heterocycles. The average Bonchev–Trinajstić information content (AvgIpc) is 2.48. The van der Waals surface area contributed by atoms with Crippen LogP contribution >= 0.6 is 0 Å². The molecule has 2 aromatic rings. The molecule has 1 aromatic carbocycles. The lowest BCUT2D eigenvalue weighted by Crippen LogP contribution is -1.97. The molecule has 0 radical (unpaired) electrons. The Kier molecular flexibility index (Phi) is 1.92. The summed E-state index contributed by atoms with van der Waals surface area (Å²) in [5.41, 5.74) is 6.50. The zero-order valence-corrected chi connectivity index (χ0v) is 7.61. The van der Waals surface area contributed by atoms with Gasteiger partial charge in [0, 0.05) is 12.6 Å². The molecule has 0 spiro atoms. The summed E-state index contributed by atoms with van der Waals surface area (Å²) in [5, 5.41) is 7.37. The molecule has 4 nitrogen and oxygen atoms in total. The van der Waals surface area contributed by atoms with E-state index >= 15 is 0 Å². The van der Waals surface area contributed by atoms with E-state index < -0.39 is 0 Å². The van der Waals surface area contributed by atoms with Crippen molar-refractivity contribution < 1.29 is 4.39 Å². The van der Waals surface area contributed by atoms with Crippen LogP contribution in [-0.4, -0.2) is 15.0 Å². The number of anilines is 1. The summed E-state index contributed by atoms with van der Waals surface area (Å²) in [6.45, 7) is 0. The quantitative estimate of drug-likeness (QED) is 0.738. The second-order valence-electron chi connectivity index (χ2n) is 2.93. The molecule has 0 bridgehead atoms. The van der Waals surface area contributed by atoms with Crippen molar-refractivity contribution in [2.45, 2.75) is 0 Å². The Labute approximate surface area is 80.2 Å². The molecule has 0 amide bonds. The Morgan fingerprint density at radius 1 is 1.36 bits per heavy atom. The van der Waals surface area contributed by atoms with E-state index in [4.69, 9.17) is 5.73 Å². The molecule has 14 heavy (non-hydrogen) atoms. The summed E-state index contributed by atoms with van der Waals surface area (Å²) in [7, 11) is 1.67. The van der Waals surface area contributed by atoms with Crippen LogP contribution in [0.1, 0.15) is 0 Å². The molecule has 5 heteroatoms. The first-order valence-corrected chi connectivity index (χ1v) is 4.10. The molecule has 0 aliphatic rings. The Balaban J connectivity index is 2.66. The highest BCUT2D eigenvalue weighted by atomic mass is 19.1. The van der Waals surface area contributed by atoms with Gasteiger partial charge in [-0.25, -0.2) is 9.07 Å². The maximum atomic E-state index is 13.4. The van der Waals surface area contributed by atoms with Gasteiger partial charge in [-0.15, -0.1) is 5.10 Å². The Morgan fingerprint density at radius 3 is 2.64 bits per heavy atom. The van der Waals surface area contributed by atoms with Crippen LogP contribution in [-0.2, 0) is 7.05 Å². The topological polar surface area (TPSA) is 56.7 Å². The Bertz CT molecular complexity index is 444. The van der Waals surface area contributed by atoms with E-state index in [-0.39, 0.29) is 11.6 Å². The van der Waals surface area contributed by atoms with E-state index in [9.17, 15) is 4.39 Å². The lowest BCUT2D eigenvalue weighted by atomic mass is 10.1. The number of benzene rings is 1. The molecule has 0 atom stereocenters. The van der Waals surface area contributed by atoms with Crippen LogP contribution in [0.2, 0.25) is 0 Å². The fourth-order valence-electron chi connectivity index (χ4n) is 1.34. The third-order valence-corrected chi connectivity index (χ3v) is 1.98. The van der Waals surface area contributed by atoms with Gasteiger partial charge in [-0.2, -0.15) is 0 Å². The molecule has 1 heterocycles. The van der Waals surface area contributed by atoms with Gasteiger partial charge in [0.2, 0.25) is 0 Å². The molecule has 1 aromatic heterocycles. The molecule has 0 aliphatic carbocycles. The first kappa shape index (κ1) is 8.68. The fraction of sp³-hybridized carbons (Fsp3) is 0.111. The van der Waals surface area contributed by atoms with Crippen molar-refractivity contribution in [3.8, 4) is 11.3 Å². The predicted octanol–water partition coefficient (Wildman–Crippen LogP) is 1.20. The molecular formula is C9H9FN4. The van der Waals surface area contributed by atoms with Crippen molar-refractivity contribution in [1.82, 2.24) is 15.0 Å². The molecule has 2 rings (SSSR count). The summed E-state index contributed by atoms with van der Waals surface area (Å²) < 4.78 is 14.8. The molecule has 0 saturated carbocycles. The lowest BCUT2D eigenvalue weighted by molar-refractivity contribution is 0.627. The van der Waals surface area contributed by atoms with Gasteiger partial charge in [0.1, 0.15) is 11.5 Å². The summed E-state index contributed by atoms with van der Waals surface area (Å²) in [5.74, 6) is -0.0952. The van der Waals surface area contributed by atoms with Crippen molar-refractivity contribution in [3.05, 3.63) is 30.1 Å². The molecule has 0 fully saturated rings. The van der Waals surface area contributed by atoms with Crippen LogP contribution in [0.5, 0.6) is 0 Å². The second-order valence-corrected chi connectivity index (χ2v) is 2.93. The third-order valence-electron chi connectivity index (χ3n) is 1.98. The van der Waals surface area contributed by atoms with Crippen molar-refractivity contribution in [2.75, 3.05) is 5.73 Å². The first-order valence-electron chi connectivity index (χ1n) is 4.10. The summed E-state index contributed by atoms with van der Waals surface area (Å²) in [6, 6.07) is 6.38. The van der Waals surface area contributed by atoms with Crippen molar-refractivity contribution in [3.63, 3.8) is 0 Å². The van der Waals surface area contributed by atoms with Gasteiger partial charge < -0.3 is 5.73 Å². The van der Waals surface area contributed by atoms with Crippen molar-refractivity contribution in [1.29, 1.82) is 0 Å². The number of rotatable bonds is 1. The molecule has 2 N–H and O–H groups in total. The van der Waals surface area contributed by atoms with E-state index in [1.165, 1.54) is 10.7 Å². The number of hydrogen-bond acceptors (Lipinski definition) is 3. The monoisotopic (exact) mass is 192 g/mol. The summed E-state index contributed by atoms with van der Waals surface area (Å²) in [4.78, 5) is 0. The molecule has 0 aliphatic heterocycles. The number of halogens is 1. The van der Waals surface area contributed by atoms with Crippen molar-refractivity contribution in [2.24, 2.45) is 7.05 Å². The van der Waals surface area contributed by atoms with Crippen LogP contribution in [0, 0.1) is 5.82 Å². The zero-order valence-electron chi connectivity index (χ0n) is 7.61. The smallest absolute Gasteiger partial charge is 0.174 e. The highest BCUT2D eigenvalue weighted by Gasteiger charge is 2.13. The zero-order chi connectivity index (χ0) is 10.1. The normalized spacial score (nSPS) is 10.4. The molecule has 0 unspecified atom stereocenters. The number of hydrogen-bond donors (Lipinski definition) is 1. The number of nitrogens with two attached hydrogens (primary N) is 1. The molecular weight excluding hydrogens is 183 g/mol. The van der Waals surface area contributed by atoms with Crippen molar-refractivity contribution >= 4 is 5.82 Å². The summed E-state index contributed by atoms with van der Waals surface area (Å²) >= 11 is 0. The SMILES string of the molecule is Cn1nnc(N)c1-c1ccccc1F. The minimum absolute atomic E-state index is 0.234. The van der Waals surface area contributed by atoms with Crippen LogP contribution < -0.4 is 5.73 Å². The number of aromatic nitrogens is 3. The minimum atomic E-state index is -0.329. The van der Waals surface area contributed by atoms with Gasteiger partial charge in [-0.3, -0.25) is 0 Å². The number of aryl methyl sites for hydroxylation is 1. The van der Waals surface area contributed by atoms with Gasteiger partial charge in [0.25, 0.3) is 0 Å². The summed E-state index contributed by atoms with van der Waals surface area (Å²) in [6.07, 6.45) is 0. The third kappa shape index (κ3) is 1.22. The highest BCUT2D eigenvalue weighted by Crippen LogP contribution is 2.25. The van der Waals surface area contributed by atoms with Gasteiger partial charge >= 0.3 is 0 Å². The molecule has 72 valence electrons. The number of nitrogens with zero attached hydrogens (tertiary/aromatic N) is 3. The Hall–Kier alpha value is -1.91. The van der Waals surface area contributed by atoms with E-state index in [2.05, 4.69) is 10.3 Å². The van der Waals surface area contributed by atoms with E-state index in [1.807, 2.05) is 0 Å².